The van der Waals surface area contributed by atoms with Crippen LogP contribution in [0.5, 0.6) is 0 Å². The zero-order chi connectivity index (χ0) is 12.3. The van der Waals surface area contributed by atoms with Gasteiger partial charge in [-0.1, -0.05) is 0 Å². The Labute approximate surface area is 90.9 Å². The maximum absolute atomic E-state index is 11.2. The van der Waals surface area contributed by atoms with Crippen LogP contribution >= 0.6 is 7.82 Å². The molecule has 1 unspecified atom stereocenters. The van der Waals surface area contributed by atoms with Crippen LogP contribution in [0.15, 0.2) is 0 Å². The lowest BCUT2D eigenvalue weighted by molar-refractivity contribution is -0.00585. The first kappa shape index (κ1) is 13.4. The van der Waals surface area contributed by atoms with E-state index in [1.165, 1.54) is 0 Å². The van der Waals surface area contributed by atoms with E-state index in [0.29, 0.717) is 0 Å². The van der Waals surface area contributed by atoms with Crippen LogP contribution in [0.3, 0.4) is 0 Å². The van der Waals surface area contributed by atoms with Crippen LogP contribution in [0.4, 0.5) is 0 Å². The molecule has 0 amide bonds. The summed E-state index contributed by atoms with van der Waals surface area (Å²) >= 11 is 0. The Balaban J connectivity index is 2.55. The normalized spacial score (nSPS) is 33.3. The Morgan fingerprint density at radius 3 is 2.75 bits per heavy atom. The molecular weight excluding hydrogens is 243 g/mol. The average Bonchev–Trinajstić information content (AvgIpc) is 2.45. The third-order valence-corrected chi connectivity index (χ3v) is 2.86. The predicted octanol–water partition coefficient (Wildman–Crippen LogP) is -1.87. The summed E-state index contributed by atoms with van der Waals surface area (Å²) in [5, 5.41) is 24.9. The van der Waals surface area contributed by atoms with E-state index in [1.807, 2.05) is 0 Å². The Morgan fingerprint density at radius 2 is 2.31 bits per heavy atom. The van der Waals surface area contributed by atoms with Crippen molar-refractivity contribution < 1.29 is 33.5 Å². The van der Waals surface area contributed by atoms with Crippen molar-refractivity contribution in [2.24, 2.45) is 5.73 Å². The van der Waals surface area contributed by atoms with Gasteiger partial charge in [0.15, 0.2) is 0 Å². The number of nitrogens with one attached hydrogen (secondary N) is 1. The van der Waals surface area contributed by atoms with E-state index in [4.69, 9.17) is 25.9 Å². The van der Waals surface area contributed by atoms with Crippen LogP contribution in [0, 0.1) is 5.41 Å². The number of ether oxygens (including phenoxy) is 1. The van der Waals surface area contributed by atoms with Gasteiger partial charge in [0.2, 0.25) is 0 Å². The zero-order valence-corrected chi connectivity index (χ0v) is 9.04. The highest BCUT2D eigenvalue weighted by Crippen LogP contribution is 2.45. The van der Waals surface area contributed by atoms with Gasteiger partial charge in [0.05, 0.1) is 13.2 Å². The highest BCUT2D eigenvalue weighted by molar-refractivity contribution is 7.48. The van der Waals surface area contributed by atoms with Crippen molar-refractivity contribution in [3.8, 4) is 0 Å². The number of phosphoric ester groups is 1. The van der Waals surface area contributed by atoms with Gasteiger partial charge < -0.3 is 25.2 Å². The topological polar surface area (TPSA) is 155 Å². The van der Waals surface area contributed by atoms with E-state index in [2.05, 4.69) is 9.05 Å². The van der Waals surface area contributed by atoms with Gasteiger partial charge in [-0.2, -0.15) is 0 Å². The number of aliphatic hydroxyl groups is 2. The summed E-state index contributed by atoms with van der Waals surface area (Å²) in [6.45, 7) is -0.609. The largest absolute Gasteiger partial charge is 0.530 e. The van der Waals surface area contributed by atoms with Gasteiger partial charge in [-0.25, -0.2) is 4.57 Å². The third-order valence-electron chi connectivity index (χ3n) is 1.90. The molecule has 9 nitrogen and oxygen atoms in total. The first-order valence-electron chi connectivity index (χ1n) is 4.31. The summed E-state index contributed by atoms with van der Waals surface area (Å²) in [6.07, 6.45) is -3.24. The smallest absolute Gasteiger partial charge is 0.394 e. The van der Waals surface area contributed by atoms with E-state index in [1.54, 1.807) is 0 Å². The van der Waals surface area contributed by atoms with Gasteiger partial charge >= 0.3 is 7.82 Å². The molecule has 0 aliphatic carbocycles. The average molecular weight is 256 g/mol. The molecule has 1 heterocycles. The van der Waals surface area contributed by atoms with Crippen LogP contribution in [0.25, 0.3) is 0 Å². The van der Waals surface area contributed by atoms with Gasteiger partial charge in [0, 0.05) is 0 Å². The van der Waals surface area contributed by atoms with E-state index in [9.17, 15) is 9.67 Å². The Hall–Kier alpha value is -0.700. The standard InChI is InChI=1S/C6H13N2O7P/c7-6(8)15-16(11,12)14-4-2-13-3(1-9)5(4)10/h3-5,9-10H,1-2H2,(H3,7,8)(H,11,12)/t3-,4+,5-/m1/s1. The van der Waals surface area contributed by atoms with Gasteiger partial charge in [-0.3, -0.25) is 14.8 Å². The van der Waals surface area contributed by atoms with Gasteiger partial charge in [0.1, 0.15) is 18.3 Å². The fraction of sp³-hybridized carbons (Fsp3) is 0.833. The first-order valence-corrected chi connectivity index (χ1v) is 5.80. The highest BCUT2D eigenvalue weighted by atomic mass is 31.2. The van der Waals surface area contributed by atoms with Gasteiger partial charge in [-0.15, -0.1) is 0 Å². The minimum absolute atomic E-state index is 0.168. The fourth-order valence-corrected chi connectivity index (χ4v) is 2.04. The van der Waals surface area contributed by atoms with Crippen molar-refractivity contribution in [3.63, 3.8) is 0 Å². The summed E-state index contributed by atoms with van der Waals surface area (Å²) in [7, 11) is -4.54. The molecule has 0 bridgehead atoms. The summed E-state index contributed by atoms with van der Waals surface area (Å²) in [5.74, 6) is 0. The van der Waals surface area contributed by atoms with Crippen LogP contribution < -0.4 is 5.73 Å². The summed E-state index contributed by atoms with van der Waals surface area (Å²) in [6, 6.07) is -0.974. The molecule has 4 atom stereocenters. The molecule has 0 aromatic carbocycles. The van der Waals surface area contributed by atoms with Crippen molar-refractivity contribution >= 4 is 13.8 Å². The molecule has 94 valence electrons. The van der Waals surface area contributed by atoms with Crippen molar-refractivity contribution in [2.75, 3.05) is 13.2 Å². The molecule has 1 saturated heterocycles. The first-order chi connectivity index (χ1) is 7.35. The number of rotatable bonds is 4. The lowest BCUT2D eigenvalue weighted by Crippen LogP contribution is -2.33. The van der Waals surface area contributed by atoms with E-state index < -0.39 is 38.8 Å². The molecule has 0 aromatic heterocycles. The molecule has 16 heavy (non-hydrogen) atoms. The lowest BCUT2D eigenvalue weighted by atomic mass is 10.2. The summed E-state index contributed by atoms with van der Waals surface area (Å²) in [5.41, 5.74) is 4.76. The molecule has 1 fully saturated rings. The summed E-state index contributed by atoms with van der Waals surface area (Å²) < 4.78 is 24.6. The minimum Gasteiger partial charge on any atom is -0.394 e. The molecule has 1 aliphatic heterocycles. The van der Waals surface area contributed by atoms with Gasteiger partial charge in [0.25, 0.3) is 6.02 Å². The van der Waals surface area contributed by atoms with Crippen LogP contribution in [0.2, 0.25) is 0 Å². The maximum Gasteiger partial charge on any atom is 0.530 e. The lowest BCUT2D eigenvalue weighted by Gasteiger charge is -2.18. The second kappa shape index (κ2) is 5.09. The predicted molar refractivity (Wildman–Crippen MR) is 50.5 cm³/mol. The molecule has 10 heteroatoms. The molecule has 6 N–H and O–H groups in total. The summed E-state index contributed by atoms with van der Waals surface area (Å²) in [4.78, 5) is 9.08. The maximum atomic E-state index is 11.2. The SMILES string of the molecule is N=C(N)OP(=O)(O)O[C@H]1CO[C@H](CO)[C@H]1O. The third kappa shape index (κ3) is 3.41. The van der Waals surface area contributed by atoms with E-state index in [-0.39, 0.29) is 6.61 Å². The number of hydrogen-bond acceptors (Lipinski definition) is 7. The molecule has 0 saturated carbocycles. The number of phosphoric acid groups is 1. The minimum atomic E-state index is -4.54. The quantitative estimate of drug-likeness (QED) is 0.222. The van der Waals surface area contributed by atoms with Crippen molar-refractivity contribution in [3.05, 3.63) is 0 Å². The zero-order valence-electron chi connectivity index (χ0n) is 8.15. The Kier molecular flexibility index (Phi) is 4.25. The Bertz CT molecular complexity index is 311. The number of amidine groups is 1. The monoisotopic (exact) mass is 256 g/mol. The molecule has 1 aliphatic rings. The highest BCUT2D eigenvalue weighted by Gasteiger charge is 2.41. The van der Waals surface area contributed by atoms with Crippen LogP contribution in [-0.2, 0) is 18.3 Å². The van der Waals surface area contributed by atoms with Crippen molar-refractivity contribution in [1.82, 2.24) is 0 Å². The second-order valence-corrected chi connectivity index (χ2v) is 4.44. The van der Waals surface area contributed by atoms with E-state index in [0.717, 1.165) is 0 Å². The van der Waals surface area contributed by atoms with Crippen molar-refractivity contribution in [2.45, 2.75) is 18.3 Å². The number of aliphatic hydroxyl groups excluding tert-OH is 2. The molecular formula is C6H13N2O7P. The molecule has 1 rings (SSSR count). The molecule has 0 aromatic rings. The molecule has 0 radical (unpaired) electrons. The molecule has 0 spiro atoms. The Morgan fingerprint density at radius 1 is 1.69 bits per heavy atom. The van der Waals surface area contributed by atoms with Crippen molar-refractivity contribution in [1.29, 1.82) is 5.41 Å². The van der Waals surface area contributed by atoms with E-state index >= 15 is 0 Å². The number of hydrogen-bond donors (Lipinski definition) is 5. The number of nitrogens with two attached hydrogens (primary N) is 1. The van der Waals surface area contributed by atoms with Gasteiger partial charge in [-0.05, 0) is 0 Å². The second-order valence-electron chi connectivity index (χ2n) is 3.11. The fourth-order valence-electron chi connectivity index (χ4n) is 1.23. The van der Waals surface area contributed by atoms with Crippen LogP contribution in [-0.4, -0.2) is 52.7 Å². The van der Waals surface area contributed by atoms with Crippen LogP contribution in [0.1, 0.15) is 0 Å².